The van der Waals surface area contributed by atoms with Gasteiger partial charge in [0.15, 0.2) is 0 Å². The standard InChI is InChI=1S/C12H14ClN3/c1-2-14-8-11-7-12(16-15-11)9-4-3-5-10(13)6-9/h3-7,14H,2,8H2,1H3,(H,15,16). The Hall–Kier alpha value is -1.32. The lowest BCUT2D eigenvalue weighted by Gasteiger charge is -1.96. The van der Waals surface area contributed by atoms with E-state index >= 15 is 0 Å². The lowest BCUT2D eigenvalue weighted by molar-refractivity contribution is 0.707. The summed E-state index contributed by atoms with van der Waals surface area (Å²) in [6, 6.07) is 9.73. The average molecular weight is 236 g/mol. The first-order valence-electron chi connectivity index (χ1n) is 5.30. The van der Waals surface area contributed by atoms with Gasteiger partial charge in [-0.2, -0.15) is 5.10 Å². The lowest BCUT2D eigenvalue weighted by atomic mass is 10.1. The molecule has 1 aromatic carbocycles. The second kappa shape index (κ2) is 5.14. The van der Waals surface area contributed by atoms with Gasteiger partial charge in [0.1, 0.15) is 0 Å². The van der Waals surface area contributed by atoms with Crippen molar-refractivity contribution in [3.63, 3.8) is 0 Å². The summed E-state index contributed by atoms with van der Waals surface area (Å²) in [5, 5.41) is 11.2. The van der Waals surface area contributed by atoms with Gasteiger partial charge in [-0.3, -0.25) is 5.10 Å². The van der Waals surface area contributed by atoms with E-state index in [9.17, 15) is 0 Å². The van der Waals surface area contributed by atoms with Crippen molar-refractivity contribution in [1.29, 1.82) is 0 Å². The summed E-state index contributed by atoms with van der Waals surface area (Å²) in [4.78, 5) is 0. The van der Waals surface area contributed by atoms with Crippen LogP contribution in [0.2, 0.25) is 5.02 Å². The number of hydrogen-bond acceptors (Lipinski definition) is 2. The van der Waals surface area contributed by atoms with Gasteiger partial charge >= 0.3 is 0 Å². The van der Waals surface area contributed by atoms with Crippen LogP contribution in [0.25, 0.3) is 11.3 Å². The highest BCUT2D eigenvalue weighted by molar-refractivity contribution is 6.30. The quantitative estimate of drug-likeness (QED) is 0.856. The summed E-state index contributed by atoms with van der Waals surface area (Å²) in [7, 11) is 0. The minimum Gasteiger partial charge on any atom is -0.311 e. The van der Waals surface area contributed by atoms with Crippen molar-refractivity contribution in [3.05, 3.63) is 41.0 Å². The van der Waals surface area contributed by atoms with Gasteiger partial charge < -0.3 is 5.32 Å². The fourth-order valence-electron chi connectivity index (χ4n) is 1.51. The molecule has 2 aromatic rings. The van der Waals surface area contributed by atoms with Gasteiger partial charge in [-0.05, 0) is 24.7 Å². The Balaban J connectivity index is 2.18. The monoisotopic (exact) mass is 235 g/mol. The number of H-pyrrole nitrogens is 1. The van der Waals surface area contributed by atoms with Crippen molar-refractivity contribution >= 4 is 11.6 Å². The van der Waals surface area contributed by atoms with E-state index in [2.05, 4.69) is 22.4 Å². The van der Waals surface area contributed by atoms with Gasteiger partial charge in [0.2, 0.25) is 0 Å². The van der Waals surface area contributed by atoms with Crippen LogP contribution in [0.3, 0.4) is 0 Å². The molecule has 0 spiro atoms. The van der Waals surface area contributed by atoms with Crippen molar-refractivity contribution in [2.75, 3.05) is 6.54 Å². The number of nitrogens with one attached hydrogen (secondary N) is 2. The Morgan fingerprint density at radius 1 is 1.38 bits per heavy atom. The molecule has 0 aliphatic heterocycles. The average Bonchev–Trinajstić information content (AvgIpc) is 2.75. The van der Waals surface area contributed by atoms with E-state index in [4.69, 9.17) is 11.6 Å². The summed E-state index contributed by atoms with van der Waals surface area (Å²) in [6.07, 6.45) is 0. The van der Waals surface area contributed by atoms with Crippen LogP contribution in [0.4, 0.5) is 0 Å². The molecule has 0 radical (unpaired) electrons. The molecule has 0 amide bonds. The maximum Gasteiger partial charge on any atom is 0.0924 e. The number of rotatable bonds is 4. The molecular weight excluding hydrogens is 222 g/mol. The fourth-order valence-corrected chi connectivity index (χ4v) is 1.70. The molecule has 0 aliphatic rings. The molecule has 0 saturated heterocycles. The molecule has 16 heavy (non-hydrogen) atoms. The Morgan fingerprint density at radius 3 is 3.00 bits per heavy atom. The van der Waals surface area contributed by atoms with Crippen molar-refractivity contribution in [2.24, 2.45) is 0 Å². The molecule has 0 bridgehead atoms. The Morgan fingerprint density at radius 2 is 2.25 bits per heavy atom. The van der Waals surface area contributed by atoms with Crippen molar-refractivity contribution < 1.29 is 0 Å². The highest BCUT2D eigenvalue weighted by Crippen LogP contribution is 2.21. The lowest BCUT2D eigenvalue weighted by Crippen LogP contribution is -2.11. The van der Waals surface area contributed by atoms with Crippen LogP contribution >= 0.6 is 11.6 Å². The molecule has 4 heteroatoms. The van der Waals surface area contributed by atoms with Crippen LogP contribution in [-0.4, -0.2) is 16.7 Å². The molecule has 0 saturated carbocycles. The molecule has 1 heterocycles. The molecule has 0 unspecified atom stereocenters. The van der Waals surface area contributed by atoms with E-state index in [1.54, 1.807) is 0 Å². The zero-order valence-electron chi connectivity index (χ0n) is 9.13. The molecule has 84 valence electrons. The topological polar surface area (TPSA) is 40.7 Å². The number of aromatic nitrogens is 2. The number of aromatic amines is 1. The highest BCUT2D eigenvalue weighted by Gasteiger charge is 2.03. The Kier molecular flexibility index (Phi) is 3.59. The second-order valence-electron chi connectivity index (χ2n) is 3.57. The molecule has 3 nitrogen and oxygen atoms in total. The van der Waals surface area contributed by atoms with Gasteiger partial charge in [0.05, 0.1) is 5.69 Å². The molecule has 2 rings (SSSR count). The minimum atomic E-state index is 0.730. The third-order valence-electron chi connectivity index (χ3n) is 2.32. The number of nitrogens with zero attached hydrogens (tertiary/aromatic N) is 1. The third kappa shape index (κ3) is 2.62. The first kappa shape index (κ1) is 11.2. The van der Waals surface area contributed by atoms with E-state index < -0.39 is 0 Å². The first-order chi connectivity index (χ1) is 7.79. The van der Waals surface area contributed by atoms with Crippen LogP contribution in [0, 0.1) is 0 Å². The smallest absolute Gasteiger partial charge is 0.0924 e. The number of halogens is 1. The summed E-state index contributed by atoms with van der Waals surface area (Å²) in [5.41, 5.74) is 3.04. The normalized spacial score (nSPS) is 10.6. The summed E-state index contributed by atoms with van der Waals surface area (Å²) in [5.74, 6) is 0. The highest BCUT2D eigenvalue weighted by atomic mass is 35.5. The number of benzene rings is 1. The van der Waals surface area contributed by atoms with Crippen molar-refractivity contribution in [1.82, 2.24) is 15.5 Å². The molecule has 0 aliphatic carbocycles. The van der Waals surface area contributed by atoms with Crippen molar-refractivity contribution in [2.45, 2.75) is 13.5 Å². The van der Waals surface area contributed by atoms with Gasteiger partial charge in [-0.1, -0.05) is 30.7 Å². The van der Waals surface area contributed by atoms with E-state index in [-0.39, 0.29) is 0 Å². The molecule has 0 atom stereocenters. The van der Waals surface area contributed by atoms with E-state index in [1.807, 2.05) is 30.3 Å². The van der Waals surface area contributed by atoms with E-state index in [1.165, 1.54) is 0 Å². The van der Waals surface area contributed by atoms with E-state index in [0.29, 0.717) is 0 Å². The summed E-state index contributed by atoms with van der Waals surface area (Å²) in [6.45, 7) is 3.84. The van der Waals surface area contributed by atoms with Gasteiger partial charge in [-0.15, -0.1) is 0 Å². The van der Waals surface area contributed by atoms with Crippen LogP contribution in [0.15, 0.2) is 30.3 Å². The van der Waals surface area contributed by atoms with Gasteiger partial charge in [-0.25, -0.2) is 0 Å². The number of hydrogen-bond donors (Lipinski definition) is 2. The molecular formula is C12H14ClN3. The SMILES string of the molecule is CCNCc1cc(-c2cccc(Cl)c2)n[nH]1. The van der Waals surface area contributed by atoms with Crippen LogP contribution < -0.4 is 5.32 Å². The predicted octanol–water partition coefficient (Wildman–Crippen LogP) is 2.84. The van der Waals surface area contributed by atoms with Crippen LogP contribution in [-0.2, 0) is 6.54 Å². The van der Waals surface area contributed by atoms with Crippen molar-refractivity contribution in [3.8, 4) is 11.3 Å². The summed E-state index contributed by atoms with van der Waals surface area (Å²) >= 11 is 5.93. The van der Waals surface area contributed by atoms with Crippen LogP contribution in [0.1, 0.15) is 12.6 Å². The first-order valence-corrected chi connectivity index (χ1v) is 5.68. The summed E-state index contributed by atoms with van der Waals surface area (Å²) < 4.78 is 0. The predicted molar refractivity (Wildman–Crippen MR) is 66.4 cm³/mol. The molecule has 1 aromatic heterocycles. The largest absolute Gasteiger partial charge is 0.311 e. The zero-order valence-corrected chi connectivity index (χ0v) is 9.88. The maximum absolute atomic E-state index is 5.93. The Bertz CT molecular complexity index is 465. The molecule has 2 N–H and O–H groups in total. The van der Waals surface area contributed by atoms with Crippen LogP contribution in [0.5, 0.6) is 0 Å². The third-order valence-corrected chi connectivity index (χ3v) is 2.55. The Labute approximate surface area is 99.8 Å². The molecule has 0 fully saturated rings. The second-order valence-corrected chi connectivity index (χ2v) is 4.01. The van der Waals surface area contributed by atoms with Gasteiger partial charge in [0, 0.05) is 22.8 Å². The van der Waals surface area contributed by atoms with E-state index in [0.717, 1.165) is 35.1 Å². The zero-order chi connectivity index (χ0) is 11.4. The maximum atomic E-state index is 5.93. The fraction of sp³-hybridized carbons (Fsp3) is 0.250. The minimum absolute atomic E-state index is 0.730. The van der Waals surface area contributed by atoms with Gasteiger partial charge in [0.25, 0.3) is 0 Å².